The molecule has 0 bridgehead atoms. The molecule has 8 heteroatoms. The van der Waals surface area contributed by atoms with Crippen LogP contribution < -0.4 is 5.32 Å². The number of carbonyl (C=O) groups is 2. The first-order valence-electron chi connectivity index (χ1n) is 13.7. The molecule has 2 saturated heterocycles. The van der Waals surface area contributed by atoms with E-state index in [9.17, 15) is 18.4 Å². The summed E-state index contributed by atoms with van der Waals surface area (Å²) >= 11 is 6.35. The van der Waals surface area contributed by atoms with Crippen molar-refractivity contribution in [2.75, 3.05) is 26.2 Å². The van der Waals surface area contributed by atoms with Crippen LogP contribution in [0.3, 0.4) is 0 Å². The van der Waals surface area contributed by atoms with Crippen LogP contribution in [0.5, 0.6) is 0 Å². The molecule has 0 aromatic heterocycles. The molecule has 2 aromatic carbocycles. The molecule has 2 amide bonds. The van der Waals surface area contributed by atoms with Crippen molar-refractivity contribution in [2.24, 2.45) is 5.92 Å². The highest BCUT2D eigenvalue weighted by molar-refractivity contribution is 6.30. The number of benzene rings is 2. The van der Waals surface area contributed by atoms with Gasteiger partial charge in [-0.15, -0.1) is 0 Å². The van der Waals surface area contributed by atoms with Gasteiger partial charge in [0.15, 0.2) is 0 Å². The number of rotatable bonds is 5. The Bertz CT molecular complexity index is 1230. The molecule has 0 radical (unpaired) electrons. The van der Waals surface area contributed by atoms with E-state index < -0.39 is 23.1 Å². The van der Waals surface area contributed by atoms with Gasteiger partial charge in [-0.25, -0.2) is 8.78 Å². The molecular weight excluding hydrogens is 520 g/mol. The minimum Gasteiger partial charge on any atom is -0.347 e. The number of nitrogens with zero attached hydrogens (tertiary/aromatic N) is 2. The monoisotopic (exact) mass is 559 g/mol. The Labute approximate surface area is 235 Å². The summed E-state index contributed by atoms with van der Waals surface area (Å²) in [6.07, 6.45) is 1.56. The van der Waals surface area contributed by atoms with E-state index in [2.05, 4.69) is 31.0 Å². The van der Waals surface area contributed by atoms with E-state index >= 15 is 0 Å². The first-order valence-corrected chi connectivity index (χ1v) is 14.1. The Morgan fingerprint density at radius 2 is 1.59 bits per heavy atom. The highest BCUT2D eigenvalue weighted by atomic mass is 35.5. The molecule has 2 aliphatic heterocycles. The number of piperidine rings is 1. The molecule has 2 atom stereocenters. The van der Waals surface area contributed by atoms with Gasteiger partial charge in [0.1, 0.15) is 11.6 Å². The van der Waals surface area contributed by atoms with E-state index in [1.165, 1.54) is 19.1 Å². The van der Waals surface area contributed by atoms with Gasteiger partial charge in [-0.2, -0.15) is 0 Å². The average Bonchev–Trinajstić information content (AvgIpc) is 3.29. The van der Waals surface area contributed by atoms with Gasteiger partial charge in [-0.05, 0) is 88.3 Å². The van der Waals surface area contributed by atoms with Crippen molar-refractivity contribution >= 4 is 23.4 Å². The molecule has 39 heavy (non-hydrogen) atoms. The lowest BCUT2D eigenvalue weighted by Crippen LogP contribution is -2.45. The predicted octanol–water partition coefficient (Wildman–Crippen LogP) is 6.21. The number of hydrogen-bond donors (Lipinski definition) is 1. The van der Waals surface area contributed by atoms with Crippen molar-refractivity contribution in [3.05, 3.63) is 69.7 Å². The van der Waals surface area contributed by atoms with Crippen LogP contribution in [-0.2, 0) is 15.1 Å². The van der Waals surface area contributed by atoms with E-state index in [1.54, 1.807) is 0 Å². The lowest BCUT2D eigenvalue weighted by molar-refractivity contribution is -0.136. The third-order valence-corrected chi connectivity index (χ3v) is 8.61. The Morgan fingerprint density at radius 3 is 2.18 bits per heavy atom. The zero-order valence-corrected chi connectivity index (χ0v) is 24.5. The standard InChI is InChI=1S/C31H40ClF2N3O2/c1-19(38)35-31(5,6)27-15-21(32)7-9-23(27)20-11-13-36(14-12-20)29(39)26-18-37(30(2,3)4)17-25(26)24-10-8-22(33)16-28(24)34/h7-10,15-16,20,25-26H,11-14,17-18H2,1-6H3,(H,35,38)/t25?,26-/m1/s1. The van der Waals surface area contributed by atoms with Gasteiger partial charge in [0.05, 0.1) is 11.5 Å². The average molecular weight is 560 g/mol. The lowest BCUT2D eigenvalue weighted by atomic mass is 9.80. The maximum atomic E-state index is 14.9. The number of amides is 2. The van der Waals surface area contributed by atoms with Crippen LogP contribution in [-0.4, -0.2) is 53.3 Å². The van der Waals surface area contributed by atoms with Crippen LogP contribution >= 0.6 is 11.6 Å². The molecule has 1 N–H and O–H groups in total. The maximum Gasteiger partial charge on any atom is 0.227 e. The molecule has 1 unspecified atom stereocenters. The van der Waals surface area contributed by atoms with Crippen LogP contribution in [0.25, 0.3) is 0 Å². The van der Waals surface area contributed by atoms with E-state index in [-0.39, 0.29) is 29.2 Å². The SMILES string of the molecule is CC(=O)NC(C)(C)c1cc(Cl)ccc1C1CCN(C(=O)[C@@H]2CN(C(C)(C)C)CC2c2ccc(F)cc2F)CC1. The Kier molecular flexibility index (Phi) is 8.44. The molecule has 2 aromatic rings. The highest BCUT2D eigenvalue weighted by Gasteiger charge is 2.45. The van der Waals surface area contributed by atoms with Crippen LogP contribution in [0.15, 0.2) is 36.4 Å². The number of nitrogens with one attached hydrogen (secondary N) is 1. The van der Waals surface area contributed by atoms with Crippen molar-refractivity contribution in [2.45, 2.75) is 77.3 Å². The second-order valence-corrected chi connectivity index (χ2v) is 13.0. The number of halogens is 3. The zero-order valence-electron chi connectivity index (χ0n) is 23.8. The van der Waals surface area contributed by atoms with E-state index in [0.717, 1.165) is 30.0 Å². The summed E-state index contributed by atoms with van der Waals surface area (Å²) in [6.45, 7) is 14.0. The fourth-order valence-electron chi connectivity index (χ4n) is 6.30. The molecule has 4 rings (SSSR count). The van der Waals surface area contributed by atoms with E-state index in [0.29, 0.717) is 36.8 Å². The molecule has 2 heterocycles. The van der Waals surface area contributed by atoms with Gasteiger partial charge in [0.2, 0.25) is 11.8 Å². The fourth-order valence-corrected chi connectivity index (χ4v) is 6.47. The van der Waals surface area contributed by atoms with Crippen molar-refractivity contribution in [1.29, 1.82) is 0 Å². The highest BCUT2D eigenvalue weighted by Crippen LogP contribution is 2.41. The van der Waals surface area contributed by atoms with Crippen LogP contribution in [0, 0.1) is 17.6 Å². The van der Waals surface area contributed by atoms with Crippen molar-refractivity contribution in [3.63, 3.8) is 0 Å². The third kappa shape index (κ3) is 6.46. The van der Waals surface area contributed by atoms with E-state index in [1.807, 2.05) is 36.9 Å². The second-order valence-electron chi connectivity index (χ2n) is 12.6. The third-order valence-electron chi connectivity index (χ3n) is 8.37. The minimum atomic E-state index is -0.616. The minimum absolute atomic E-state index is 0.0313. The van der Waals surface area contributed by atoms with Crippen LogP contribution in [0.1, 0.15) is 82.9 Å². The molecular formula is C31H40ClF2N3O2. The molecule has 5 nitrogen and oxygen atoms in total. The summed E-state index contributed by atoms with van der Waals surface area (Å²) in [6, 6.07) is 9.52. The Morgan fingerprint density at radius 1 is 0.949 bits per heavy atom. The van der Waals surface area contributed by atoms with E-state index in [4.69, 9.17) is 11.6 Å². The molecule has 212 valence electrons. The number of carbonyl (C=O) groups excluding carboxylic acids is 2. The van der Waals surface area contributed by atoms with Crippen molar-refractivity contribution < 1.29 is 18.4 Å². The molecule has 0 aliphatic carbocycles. The van der Waals surface area contributed by atoms with Crippen LogP contribution in [0.4, 0.5) is 8.78 Å². The summed E-state index contributed by atoms with van der Waals surface area (Å²) < 4.78 is 28.5. The topological polar surface area (TPSA) is 52.7 Å². The summed E-state index contributed by atoms with van der Waals surface area (Å²) in [5.41, 5.74) is 1.76. The zero-order chi connectivity index (χ0) is 28.7. The van der Waals surface area contributed by atoms with Gasteiger partial charge in [-0.1, -0.05) is 23.7 Å². The van der Waals surface area contributed by atoms with Gasteiger partial charge >= 0.3 is 0 Å². The largest absolute Gasteiger partial charge is 0.347 e. The van der Waals surface area contributed by atoms with Gasteiger partial charge in [-0.3, -0.25) is 14.5 Å². The fraction of sp³-hybridized carbons (Fsp3) is 0.548. The second kappa shape index (κ2) is 11.2. The summed E-state index contributed by atoms with van der Waals surface area (Å²) in [4.78, 5) is 29.9. The Hall–Kier alpha value is -2.51. The van der Waals surface area contributed by atoms with Gasteiger partial charge in [0.25, 0.3) is 0 Å². The smallest absolute Gasteiger partial charge is 0.227 e. The summed E-state index contributed by atoms with van der Waals surface area (Å²) in [5, 5.41) is 3.64. The van der Waals surface area contributed by atoms with Crippen molar-refractivity contribution in [3.8, 4) is 0 Å². The molecule has 0 spiro atoms. The normalized spacial score (nSPS) is 21.3. The predicted molar refractivity (Wildman–Crippen MR) is 151 cm³/mol. The first kappa shape index (κ1) is 29.5. The van der Waals surface area contributed by atoms with Gasteiger partial charge < -0.3 is 10.2 Å². The molecule has 2 fully saturated rings. The summed E-state index contributed by atoms with van der Waals surface area (Å²) in [5.74, 6) is -1.81. The van der Waals surface area contributed by atoms with Gasteiger partial charge in [0, 0.05) is 55.6 Å². The summed E-state index contributed by atoms with van der Waals surface area (Å²) in [7, 11) is 0. The number of hydrogen-bond acceptors (Lipinski definition) is 3. The number of likely N-dealkylation sites (tertiary alicyclic amines) is 2. The Balaban J connectivity index is 1.53. The molecule has 0 saturated carbocycles. The first-order chi connectivity index (χ1) is 18.2. The quantitative estimate of drug-likeness (QED) is 0.474. The van der Waals surface area contributed by atoms with Crippen molar-refractivity contribution in [1.82, 2.24) is 15.1 Å². The maximum absolute atomic E-state index is 14.9. The van der Waals surface area contributed by atoms with Crippen LogP contribution in [0.2, 0.25) is 5.02 Å². The lowest BCUT2D eigenvalue weighted by Gasteiger charge is -2.37. The molecule has 2 aliphatic rings.